The third-order valence-electron chi connectivity index (χ3n) is 3.13. The minimum atomic E-state index is -1.03. The Morgan fingerprint density at radius 2 is 2.00 bits per heavy atom. The number of rotatable bonds is 3. The first-order valence-corrected chi connectivity index (χ1v) is 6.26. The van der Waals surface area contributed by atoms with Crippen LogP contribution in [0.15, 0.2) is 42.6 Å². The topological polar surface area (TPSA) is 67.5 Å². The summed E-state index contributed by atoms with van der Waals surface area (Å²) < 4.78 is 1.69. The van der Waals surface area contributed by atoms with E-state index < -0.39 is 5.97 Å². The molecule has 5 heteroatoms. The monoisotopic (exact) mass is 267 g/mol. The van der Waals surface area contributed by atoms with E-state index in [1.807, 2.05) is 43.3 Å². The number of benzene rings is 1. The molecular formula is C15H13N3O2. The molecule has 0 aliphatic carbocycles. The molecule has 1 N–H and O–H groups in total. The summed E-state index contributed by atoms with van der Waals surface area (Å²) in [4.78, 5) is 19.6. The van der Waals surface area contributed by atoms with Crippen LogP contribution in [0.3, 0.4) is 0 Å². The number of aryl methyl sites for hydroxylation is 1. The molecule has 2 heterocycles. The molecule has 100 valence electrons. The summed E-state index contributed by atoms with van der Waals surface area (Å²) in [6.45, 7) is 1.84. The van der Waals surface area contributed by atoms with Crippen molar-refractivity contribution in [3.8, 4) is 0 Å². The van der Waals surface area contributed by atoms with Crippen LogP contribution in [-0.4, -0.2) is 25.4 Å². The molecule has 0 saturated carbocycles. The molecule has 0 aliphatic heterocycles. The molecule has 0 radical (unpaired) electrons. The molecule has 0 aliphatic rings. The standard InChI is InChI=1S/C15H13N3O2/c1-10-16-12(7-11-5-3-2-4-6-11)8-14-17-13(15(19)20)9-18(10)14/h2-6,8-9H,7H2,1H3,(H,19,20). The first-order chi connectivity index (χ1) is 9.63. The molecule has 0 spiro atoms. The van der Waals surface area contributed by atoms with Crippen molar-refractivity contribution in [3.05, 3.63) is 65.4 Å². The highest BCUT2D eigenvalue weighted by Crippen LogP contribution is 2.13. The lowest BCUT2D eigenvalue weighted by atomic mass is 10.1. The molecule has 2 aromatic heterocycles. The van der Waals surface area contributed by atoms with E-state index in [1.54, 1.807) is 4.40 Å². The van der Waals surface area contributed by atoms with Gasteiger partial charge in [-0.25, -0.2) is 14.8 Å². The highest BCUT2D eigenvalue weighted by molar-refractivity contribution is 5.86. The molecule has 3 aromatic rings. The smallest absolute Gasteiger partial charge is 0.356 e. The molecular weight excluding hydrogens is 254 g/mol. The van der Waals surface area contributed by atoms with Gasteiger partial charge in [-0.15, -0.1) is 0 Å². The highest BCUT2D eigenvalue weighted by atomic mass is 16.4. The Hall–Kier alpha value is -2.69. The maximum Gasteiger partial charge on any atom is 0.356 e. The molecule has 0 atom stereocenters. The van der Waals surface area contributed by atoms with E-state index in [4.69, 9.17) is 5.11 Å². The normalized spacial score (nSPS) is 10.8. The molecule has 0 fully saturated rings. The number of hydrogen-bond acceptors (Lipinski definition) is 3. The van der Waals surface area contributed by atoms with E-state index in [0.29, 0.717) is 12.1 Å². The molecule has 3 rings (SSSR count). The summed E-state index contributed by atoms with van der Waals surface area (Å²) >= 11 is 0. The van der Waals surface area contributed by atoms with Crippen molar-refractivity contribution in [1.82, 2.24) is 14.4 Å². The molecule has 0 saturated heterocycles. The van der Waals surface area contributed by atoms with Crippen LogP contribution in [0.1, 0.15) is 27.6 Å². The fraction of sp³-hybridized carbons (Fsp3) is 0.133. The fourth-order valence-electron chi connectivity index (χ4n) is 2.20. The number of aromatic nitrogens is 3. The number of carboxylic acids is 1. The molecule has 0 unspecified atom stereocenters. The van der Waals surface area contributed by atoms with Gasteiger partial charge in [-0.05, 0) is 12.5 Å². The molecule has 0 amide bonds. The van der Waals surface area contributed by atoms with Crippen molar-refractivity contribution in [2.75, 3.05) is 0 Å². The number of carbonyl (C=O) groups is 1. The van der Waals surface area contributed by atoms with Crippen LogP contribution in [0, 0.1) is 6.92 Å². The Kier molecular flexibility index (Phi) is 2.95. The second-order valence-corrected chi connectivity index (χ2v) is 4.62. The molecule has 1 aromatic carbocycles. The predicted molar refractivity (Wildman–Crippen MR) is 73.9 cm³/mol. The van der Waals surface area contributed by atoms with Crippen molar-refractivity contribution in [1.29, 1.82) is 0 Å². The van der Waals surface area contributed by atoms with Gasteiger partial charge in [-0.2, -0.15) is 0 Å². The summed E-state index contributed by atoms with van der Waals surface area (Å²) in [5.74, 6) is -0.300. The fourth-order valence-corrected chi connectivity index (χ4v) is 2.20. The average molecular weight is 267 g/mol. The minimum absolute atomic E-state index is 0.0340. The summed E-state index contributed by atoms with van der Waals surface area (Å²) in [5, 5.41) is 8.99. The number of carboxylic acid groups (broad SMARTS) is 1. The SMILES string of the molecule is Cc1nc(Cc2ccccc2)cc2nc(C(=O)O)cn12. The Labute approximate surface area is 115 Å². The average Bonchev–Trinajstić information content (AvgIpc) is 2.84. The summed E-state index contributed by atoms with van der Waals surface area (Å²) in [6.07, 6.45) is 2.19. The lowest BCUT2D eigenvalue weighted by molar-refractivity contribution is 0.0691. The van der Waals surface area contributed by atoms with Gasteiger partial charge >= 0.3 is 5.97 Å². The lowest BCUT2D eigenvalue weighted by Gasteiger charge is -2.04. The first-order valence-electron chi connectivity index (χ1n) is 6.26. The quantitative estimate of drug-likeness (QED) is 0.790. The van der Waals surface area contributed by atoms with Gasteiger partial charge in [-0.3, -0.25) is 4.40 Å². The van der Waals surface area contributed by atoms with Crippen LogP contribution < -0.4 is 0 Å². The van der Waals surface area contributed by atoms with E-state index in [0.717, 1.165) is 17.1 Å². The number of imidazole rings is 1. The van der Waals surface area contributed by atoms with Crippen LogP contribution >= 0.6 is 0 Å². The second-order valence-electron chi connectivity index (χ2n) is 4.62. The van der Waals surface area contributed by atoms with Gasteiger partial charge in [0, 0.05) is 18.7 Å². The third kappa shape index (κ3) is 2.25. The Bertz CT molecular complexity index is 778. The maximum atomic E-state index is 11.0. The van der Waals surface area contributed by atoms with E-state index in [1.165, 1.54) is 6.20 Å². The number of fused-ring (bicyclic) bond motifs is 1. The van der Waals surface area contributed by atoms with Crippen molar-refractivity contribution in [2.24, 2.45) is 0 Å². The maximum absolute atomic E-state index is 11.0. The van der Waals surface area contributed by atoms with Gasteiger partial charge in [0.05, 0.1) is 5.69 Å². The molecule has 0 bridgehead atoms. The van der Waals surface area contributed by atoms with E-state index >= 15 is 0 Å². The van der Waals surface area contributed by atoms with Gasteiger partial charge in [0.1, 0.15) is 11.5 Å². The van der Waals surface area contributed by atoms with Crippen LogP contribution in [-0.2, 0) is 6.42 Å². The zero-order valence-electron chi connectivity index (χ0n) is 10.9. The number of hydrogen-bond donors (Lipinski definition) is 1. The van der Waals surface area contributed by atoms with Gasteiger partial charge in [-0.1, -0.05) is 30.3 Å². The Morgan fingerprint density at radius 3 is 2.70 bits per heavy atom. The minimum Gasteiger partial charge on any atom is -0.476 e. The van der Waals surface area contributed by atoms with Crippen molar-refractivity contribution < 1.29 is 9.90 Å². The van der Waals surface area contributed by atoms with Crippen LogP contribution in [0.25, 0.3) is 5.65 Å². The van der Waals surface area contributed by atoms with E-state index in [9.17, 15) is 4.79 Å². The van der Waals surface area contributed by atoms with E-state index in [-0.39, 0.29) is 5.69 Å². The summed E-state index contributed by atoms with van der Waals surface area (Å²) in [5.41, 5.74) is 2.69. The number of nitrogens with zero attached hydrogens (tertiary/aromatic N) is 3. The lowest BCUT2D eigenvalue weighted by Crippen LogP contribution is -2.00. The van der Waals surface area contributed by atoms with Crippen molar-refractivity contribution in [2.45, 2.75) is 13.3 Å². The molecule has 20 heavy (non-hydrogen) atoms. The summed E-state index contributed by atoms with van der Waals surface area (Å²) in [6, 6.07) is 11.8. The van der Waals surface area contributed by atoms with Gasteiger partial charge in [0.2, 0.25) is 0 Å². The van der Waals surface area contributed by atoms with Crippen LogP contribution in [0.5, 0.6) is 0 Å². The summed E-state index contributed by atoms with van der Waals surface area (Å²) in [7, 11) is 0. The van der Waals surface area contributed by atoms with E-state index in [2.05, 4.69) is 9.97 Å². The van der Waals surface area contributed by atoms with Gasteiger partial charge in [0.25, 0.3) is 0 Å². The molecule has 5 nitrogen and oxygen atoms in total. The van der Waals surface area contributed by atoms with Gasteiger partial charge in [0.15, 0.2) is 5.69 Å². The first kappa shape index (κ1) is 12.3. The third-order valence-corrected chi connectivity index (χ3v) is 3.13. The largest absolute Gasteiger partial charge is 0.476 e. The van der Waals surface area contributed by atoms with Gasteiger partial charge < -0.3 is 5.11 Å². The van der Waals surface area contributed by atoms with Crippen LogP contribution in [0.4, 0.5) is 0 Å². The van der Waals surface area contributed by atoms with Crippen LogP contribution in [0.2, 0.25) is 0 Å². The van der Waals surface area contributed by atoms with Crippen molar-refractivity contribution >= 4 is 11.6 Å². The van der Waals surface area contributed by atoms with Crippen molar-refractivity contribution in [3.63, 3.8) is 0 Å². The second kappa shape index (κ2) is 4.77. The zero-order valence-corrected chi connectivity index (χ0v) is 10.9. The number of aromatic carboxylic acids is 1. The Morgan fingerprint density at radius 1 is 1.25 bits per heavy atom. The zero-order chi connectivity index (χ0) is 14.1. The predicted octanol–water partition coefficient (Wildman–Crippen LogP) is 2.33. The highest BCUT2D eigenvalue weighted by Gasteiger charge is 2.11. The Balaban J connectivity index is 2.03.